The number of hydrogen-bond acceptors (Lipinski definition) is 6. The smallest absolute Gasteiger partial charge is 0.152 e. The van der Waals surface area contributed by atoms with Crippen molar-refractivity contribution >= 4 is 11.6 Å². The van der Waals surface area contributed by atoms with Crippen molar-refractivity contribution in [3.63, 3.8) is 0 Å². The normalized spacial score (nSPS) is 17.6. The molecule has 0 aromatic carbocycles. The van der Waals surface area contributed by atoms with E-state index in [9.17, 15) is 0 Å². The zero-order valence-corrected chi connectivity index (χ0v) is 15.1. The Balaban J connectivity index is 2.07. The topological polar surface area (TPSA) is 65.3 Å². The first-order chi connectivity index (χ1) is 12.2. The molecule has 1 atom stereocenters. The first-order valence-corrected chi connectivity index (χ1v) is 8.72. The average Bonchev–Trinajstić information content (AvgIpc) is 3.10. The van der Waals surface area contributed by atoms with Gasteiger partial charge in [0.15, 0.2) is 5.82 Å². The third-order valence-electron chi connectivity index (χ3n) is 4.32. The van der Waals surface area contributed by atoms with Gasteiger partial charge in [0, 0.05) is 24.8 Å². The fourth-order valence-electron chi connectivity index (χ4n) is 3.05. The van der Waals surface area contributed by atoms with Crippen molar-refractivity contribution in [2.24, 2.45) is 0 Å². The Morgan fingerprint density at radius 1 is 1.40 bits per heavy atom. The van der Waals surface area contributed by atoms with E-state index in [0.717, 1.165) is 30.2 Å². The van der Waals surface area contributed by atoms with E-state index >= 15 is 0 Å². The van der Waals surface area contributed by atoms with Gasteiger partial charge in [-0.2, -0.15) is 5.10 Å². The molecule has 25 heavy (non-hydrogen) atoms. The molecule has 1 aliphatic rings. The molecule has 0 amide bonds. The Bertz CT molecular complexity index is 743. The Hall–Kier alpha value is -2.41. The molecule has 2 aromatic heterocycles. The number of ether oxygens (including phenoxy) is 2. The molecule has 0 aliphatic carbocycles. The van der Waals surface area contributed by atoms with Crippen LogP contribution in [0.4, 0.5) is 5.82 Å². The number of morpholine rings is 1. The van der Waals surface area contributed by atoms with Crippen LogP contribution in [0.25, 0.3) is 17.0 Å². The van der Waals surface area contributed by atoms with E-state index in [1.807, 2.05) is 17.7 Å². The standard InChI is InChI=1S/C18H25N5O2/c1-5-23-16(7-8-19-23)15-11-17(22-9-10-24-12-13(22)3)20-21-18(15)14(4)25-6-2/h7-8,11,13H,4-6,9-10,12H2,1-3H3/t13-/m1/s1. The molecule has 1 saturated heterocycles. The fourth-order valence-corrected chi connectivity index (χ4v) is 3.05. The maximum absolute atomic E-state index is 5.59. The van der Waals surface area contributed by atoms with E-state index in [0.29, 0.717) is 31.3 Å². The second-order valence-electron chi connectivity index (χ2n) is 5.97. The van der Waals surface area contributed by atoms with Gasteiger partial charge in [-0.1, -0.05) is 6.58 Å². The second kappa shape index (κ2) is 7.65. The van der Waals surface area contributed by atoms with Crippen LogP contribution in [-0.4, -0.2) is 52.4 Å². The second-order valence-corrected chi connectivity index (χ2v) is 5.97. The Kier molecular flexibility index (Phi) is 5.33. The summed E-state index contributed by atoms with van der Waals surface area (Å²) in [6, 6.07) is 4.29. The first kappa shape index (κ1) is 17.4. The molecule has 1 fully saturated rings. The SMILES string of the molecule is C=C(OCC)c1nnc(N2CCOC[C@H]2C)cc1-c1ccnn1CC. The monoisotopic (exact) mass is 343 g/mol. The van der Waals surface area contributed by atoms with Crippen molar-refractivity contribution in [1.29, 1.82) is 0 Å². The number of aromatic nitrogens is 4. The van der Waals surface area contributed by atoms with E-state index in [2.05, 4.69) is 46.7 Å². The highest BCUT2D eigenvalue weighted by atomic mass is 16.5. The summed E-state index contributed by atoms with van der Waals surface area (Å²) in [6.07, 6.45) is 1.80. The van der Waals surface area contributed by atoms with Crippen molar-refractivity contribution in [3.05, 3.63) is 30.6 Å². The molecular formula is C18H25N5O2. The lowest BCUT2D eigenvalue weighted by molar-refractivity contribution is 0.0984. The lowest BCUT2D eigenvalue weighted by Gasteiger charge is -2.34. The molecule has 1 aliphatic heterocycles. The highest BCUT2D eigenvalue weighted by molar-refractivity contribution is 5.75. The molecule has 2 aromatic rings. The molecule has 0 N–H and O–H groups in total. The van der Waals surface area contributed by atoms with E-state index in [-0.39, 0.29) is 6.04 Å². The Labute approximate surface area is 148 Å². The third-order valence-corrected chi connectivity index (χ3v) is 4.32. The van der Waals surface area contributed by atoms with Crippen molar-refractivity contribution in [2.75, 3.05) is 31.3 Å². The van der Waals surface area contributed by atoms with Gasteiger partial charge in [-0.3, -0.25) is 4.68 Å². The molecule has 0 unspecified atom stereocenters. The van der Waals surface area contributed by atoms with Crippen LogP contribution in [0.3, 0.4) is 0 Å². The van der Waals surface area contributed by atoms with Gasteiger partial charge in [0.2, 0.25) is 0 Å². The van der Waals surface area contributed by atoms with Gasteiger partial charge in [0.1, 0.15) is 11.5 Å². The molecule has 0 spiro atoms. The van der Waals surface area contributed by atoms with Crippen molar-refractivity contribution in [2.45, 2.75) is 33.4 Å². The molecule has 7 nitrogen and oxygen atoms in total. The minimum absolute atomic E-state index is 0.257. The zero-order valence-electron chi connectivity index (χ0n) is 15.1. The van der Waals surface area contributed by atoms with Gasteiger partial charge in [-0.25, -0.2) is 0 Å². The van der Waals surface area contributed by atoms with E-state index < -0.39 is 0 Å². The minimum Gasteiger partial charge on any atom is -0.492 e. The molecule has 7 heteroatoms. The molecule has 3 rings (SSSR count). The van der Waals surface area contributed by atoms with E-state index in [1.165, 1.54) is 0 Å². The molecule has 134 valence electrons. The summed E-state index contributed by atoms with van der Waals surface area (Å²) in [6.45, 7) is 13.6. The summed E-state index contributed by atoms with van der Waals surface area (Å²) in [4.78, 5) is 2.22. The zero-order chi connectivity index (χ0) is 17.8. The number of aryl methyl sites for hydroxylation is 1. The Morgan fingerprint density at radius 2 is 2.24 bits per heavy atom. The van der Waals surface area contributed by atoms with Crippen LogP contribution in [0.15, 0.2) is 24.9 Å². The van der Waals surface area contributed by atoms with E-state index in [1.54, 1.807) is 6.20 Å². The van der Waals surface area contributed by atoms with Crippen LogP contribution in [0.5, 0.6) is 0 Å². The molecule has 0 saturated carbocycles. The largest absolute Gasteiger partial charge is 0.492 e. The van der Waals surface area contributed by atoms with E-state index in [4.69, 9.17) is 9.47 Å². The van der Waals surface area contributed by atoms with Gasteiger partial charge in [-0.15, -0.1) is 10.2 Å². The summed E-state index contributed by atoms with van der Waals surface area (Å²) < 4.78 is 13.1. The van der Waals surface area contributed by atoms with Gasteiger partial charge in [0.25, 0.3) is 0 Å². The summed E-state index contributed by atoms with van der Waals surface area (Å²) >= 11 is 0. The number of anilines is 1. The molecule has 3 heterocycles. The summed E-state index contributed by atoms with van der Waals surface area (Å²) in [5.74, 6) is 1.36. The third kappa shape index (κ3) is 3.51. The summed E-state index contributed by atoms with van der Waals surface area (Å²) in [5.41, 5.74) is 2.57. The van der Waals surface area contributed by atoms with Crippen LogP contribution in [-0.2, 0) is 16.0 Å². The molecular weight excluding hydrogens is 318 g/mol. The highest BCUT2D eigenvalue weighted by Gasteiger charge is 2.23. The lowest BCUT2D eigenvalue weighted by atomic mass is 10.1. The van der Waals surface area contributed by atoms with Crippen LogP contribution >= 0.6 is 0 Å². The predicted octanol–water partition coefficient (Wildman–Crippen LogP) is 2.59. The van der Waals surface area contributed by atoms with Crippen LogP contribution < -0.4 is 4.90 Å². The maximum atomic E-state index is 5.59. The minimum atomic E-state index is 0.257. The summed E-state index contributed by atoms with van der Waals surface area (Å²) in [7, 11) is 0. The van der Waals surface area contributed by atoms with Gasteiger partial charge in [0.05, 0.1) is 31.6 Å². The highest BCUT2D eigenvalue weighted by Crippen LogP contribution is 2.30. The molecule has 0 radical (unpaired) electrons. The molecule has 0 bridgehead atoms. The predicted molar refractivity (Wildman–Crippen MR) is 97.2 cm³/mol. The van der Waals surface area contributed by atoms with Gasteiger partial charge in [-0.05, 0) is 32.9 Å². The van der Waals surface area contributed by atoms with Crippen LogP contribution in [0, 0.1) is 0 Å². The Morgan fingerprint density at radius 3 is 2.96 bits per heavy atom. The fraction of sp³-hybridized carbons (Fsp3) is 0.500. The van der Waals surface area contributed by atoms with Crippen molar-refractivity contribution in [1.82, 2.24) is 20.0 Å². The van der Waals surface area contributed by atoms with Gasteiger partial charge >= 0.3 is 0 Å². The lowest BCUT2D eigenvalue weighted by Crippen LogP contribution is -2.44. The number of hydrogen-bond donors (Lipinski definition) is 0. The number of nitrogens with zero attached hydrogens (tertiary/aromatic N) is 5. The number of rotatable bonds is 6. The maximum Gasteiger partial charge on any atom is 0.152 e. The quantitative estimate of drug-likeness (QED) is 0.751. The first-order valence-electron chi connectivity index (χ1n) is 8.72. The van der Waals surface area contributed by atoms with Crippen molar-refractivity contribution < 1.29 is 9.47 Å². The van der Waals surface area contributed by atoms with Crippen LogP contribution in [0.1, 0.15) is 26.5 Å². The summed E-state index contributed by atoms with van der Waals surface area (Å²) in [5, 5.41) is 13.3. The van der Waals surface area contributed by atoms with Crippen molar-refractivity contribution in [3.8, 4) is 11.3 Å². The van der Waals surface area contributed by atoms with Crippen LogP contribution in [0.2, 0.25) is 0 Å². The van der Waals surface area contributed by atoms with Gasteiger partial charge < -0.3 is 14.4 Å². The average molecular weight is 343 g/mol.